The molecule has 3 rings (SSSR count). The van der Waals surface area contributed by atoms with Gasteiger partial charge >= 0.3 is 6.09 Å². The molecule has 1 atom stereocenters. The number of H-pyrrole nitrogens is 1. The van der Waals surface area contributed by atoms with Gasteiger partial charge in [-0.15, -0.1) is 0 Å². The number of benzene rings is 2. The van der Waals surface area contributed by atoms with Crippen LogP contribution in [0.25, 0.3) is 11.0 Å². The number of aromatic nitrogens is 2. The van der Waals surface area contributed by atoms with E-state index < -0.39 is 22.7 Å². The van der Waals surface area contributed by atoms with E-state index in [-0.39, 0.29) is 39.6 Å². The third-order valence-electron chi connectivity index (χ3n) is 4.39. The summed E-state index contributed by atoms with van der Waals surface area (Å²) in [5.74, 6) is -0.278. The number of methoxy groups -OCH3 is 1. The highest BCUT2D eigenvalue weighted by Gasteiger charge is 2.23. The van der Waals surface area contributed by atoms with Crippen LogP contribution in [0.3, 0.4) is 0 Å². The number of nitro groups is 1. The first-order chi connectivity index (χ1) is 15.7. The van der Waals surface area contributed by atoms with Crippen LogP contribution >= 0.6 is 0 Å². The molecule has 2 amide bonds. The van der Waals surface area contributed by atoms with Crippen LogP contribution in [0.1, 0.15) is 24.3 Å². The summed E-state index contributed by atoms with van der Waals surface area (Å²) < 4.78 is 4.46. The van der Waals surface area contributed by atoms with E-state index in [1.54, 1.807) is 0 Å². The fourth-order valence-corrected chi connectivity index (χ4v) is 2.87. The summed E-state index contributed by atoms with van der Waals surface area (Å²) in [4.78, 5) is 52.4. The van der Waals surface area contributed by atoms with Crippen LogP contribution in [0.5, 0.6) is 0 Å². The van der Waals surface area contributed by atoms with Crippen LogP contribution < -0.4 is 16.3 Å². The highest BCUT2D eigenvalue weighted by molar-refractivity contribution is 6.03. The Balaban J connectivity index is 2.07. The summed E-state index contributed by atoms with van der Waals surface area (Å²) in [6.45, 7) is 1.35. The first kappa shape index (κ1) is 23.0. The van der Waals surface area contributed by atoms with Gasteiger partial charge in [0.05, 0.1) is 23.1 Å². The molecule has 0 aliphatic rings. The van der Waals surface area contributed by atoms with E-state index in [2.05, 4.69) is 25.1 Å². The Kier molecular flexibility index (Phi) is 6.74. The minimum atomic E-state index is -1.52. The smallest absolute Gasteiger partial charge is 0.427 e. The van der Waals surface area contributed by atoms with Gasteiger partial charge in [0.2, 0.25) is 5.91 Å². The SMILES string of the molecule is COC(=O)NN=C(c1nc2ccc([N+](=O)[O-])cc2[nH]c1=O)C(O)c1ccc(NC(C)=O)cc1. The maximum atomic E-state index is 12.7. The molecule has 2 aromatic carbocycles. The molecular weight excluding hydrogens is 436 g/mol. The van der Waals surface area contributed by atoms with E-state index >= 15 is 0 Å². The van der Waals surface area contributed by atoms with Crippen LogP contribution in [0.4, 0.5) is 16.2 Å². The number of hydrogen-bond donors (Lipinski definition) is 4. The highest BCUT2D eigenvalue weighted by Crippen LogP contribution is 2.21. The molecule has 0 saturated carbocycles. The molecule has 0 aliphatic carbocycles. The number of carbonyl (C=O) groups excluding carboxylic acids is 2. The van der Waals surface area contributed by atoms with Gasteiger partial charge in [-0.3, -0.25) is 19.7 Å². The molecule has 4 N–H and O–H groups in total. The van der Waals surface area contributed by atoms with Crippen molar-refractivity contribution in [2.24, 2.45) is 5.10 Å². The number of nitro benzene ring substituents is 1. The second-order valence-electron chi connectivity index (χ2n) is 6.68. The number of hydrogen-bond acceptors (Lipinski definition) is 9. The van der Waals surface area contributed by atoms with Gasteiger partial charge in [0.15, 0.2) is 5.69 Å². The number of rotatable bonds is 6. The Bertz CT molecular complexity index is 1320. The van der Waals surface area contributed by atoms with Gasteiger partial charge in [0.1, 0.15) is 11.8 Å². The second kappa shape index (κ2) is 9.65. The third kappa shape index (κ3) is 5.34. The third-order valence-corrected chi connectivity index (χ3v) is 4.39. The second-order valence-corrected chi connectivity index (χ2v) is 6.68. The molecule has 33 heavy (non-hydrogen) atoms. The Morgan fingerprint density at radius 3 is 2.55 bits per heavy atom. The van der Waals surface area contributed by atoms with Crippen molar-refractivity contribution >= 4 is 40.1 Å². The number of nitrogens with one attached hydrogen (secondary N) is 3. The predicted molar refractivity (Wildman–Crippen MR) is 117 cm³/mol. The summed E-state index contributed by atoms with van der Waals surface area (Å²) in [7, 11) is 1.11. The summed E-state index contributed by atoms with van der Waals surface area (Å²) in [5, 5.41) is 28.3. The topological polar surface area (TPSA) is 189 Å². The largest absolute Gasteiger partial charge is 0.452 e. The molecule has 0 radical (unpaired) electrons. The summed E-state index contributed by atoms with van der Waals surface area (Å²) >= 11 is 0. The Labute approximate surface area is 185 Å². The molecule has 3 aromatic rings. The molecule has 170 valence electrons. The number of aliphatic hydroxyl groups is 1. The first-order valence-corrected chi connectivity index (χ1v) is 9.35. The standard InChI is InChI=1S/C20H18N6O7/c1-10(27)21-12-5-3-11(4-6-12)18(28)16(24-25-20(30)33-2)17-19(29)23-15-9-13(26(31)32)7-8-14(15)22-17/h3-9,18,28H,1-2H3,(H,21,27)(H,23,29)(H,25,30). The van der Waals surface area contributed by atoms with Crippen LogP contribution in [-0.2, 0) is 9.53 Å². The molecule has 0 aliphatic heterocycles. The Morgan fingerprint density at radius 1 is 1.24 bits per heavy atom. The van der Waals surface area contributed by atoms with E-state index in [1.807, 2.05) is 5.43 Å². The monoisotopic (exact) mass is 454 g/mol. The van der Waals surface area contributed by atoms with Crippen LogP contribution in [0.15, 0.2) is 52.4 Å². The minimum Gasteiger partial charge on any atom is -0.452 e. The zero-order chi connectivity index (χ0) is 24.1. The zero-order valence-corrected chi connectivity index (χ0v) is 17.4. The summed E-state index contributed by atoms with van der Waals surface area (Å²) in [6, 6.07) is 9.72. The van der Waals surface area contributed by atoms with Crippen molar-refractivity contribution in [1.29, 1.82) is 0 Å². The number of amides is 2. The van der Waals surface area contributed by atoms with Gasteiger partial charge in [0.25, 0.3) is 11.2 Å². The van der Waals surface area contributed by atoms with Gasteiger partial charge in [-0.25, -0.2) is 15.2 Å². The zero-order valence-electron chi connectivity index (χ0n) is 17.4. The number of non-ortho nitro benzene ring substituents is 1. The van der Waals surface area contributed by atoms with Gasteiger partial charge in [-0.2, -0.15) is 5.10 Å². The van der Waals surface area contributed by atoms with Gasteiger partial charge in [-0.1, -0.05) is 12.1 Å². The number of aliphatic hydroxyl groups excluding tert-OH is 1. The molecule has 1 aromatic heterocycles. The number of hydrazone groups is 1. The maximum Gasteiger partial charge on any atom is 0.427 e. The Hall–Kier alpha value is -4.65. The van der Waals surface area contributed by atoms with Crippen molar-refractivity contribution < 1.29 is 24.4 Å². The van der Waals surface area contributed by atoms with Gasteiger partial charge in [0, 0.05) is 24.7 Å². The van der Waals surface area contributed by atoms with Crippen molar-refractivity contribution in [1.82, 2.24) is 15.4 Å². The van der Waals surface area contributed by atoms with E-state index in [9.17, 15) is 29.6 Å². The average molecular weight is 454 g/mol. The highest BCUT2D eigenvalue weighted by atomic mass is 16.6. The number of nitrogens with zero attached hydrogens (tertiary/aromatic N) is 3. The van der Waals surface area contributed by atoms with Crippen molar-refractivity contribution in [2.75, 3.05) is 12.4 Å². The van der Waals surface area contributed by atoms with E-state index in [4.69, 9.17) is 0 Å². The van der Waals surface area contributed by atoms with Crippen molar-refractivity contribution in [3.8, 4) is 0 Å². The van der Waals surface area contributed by atoms with Gasteiger partial charge < -0.3 is 20.1 Å². The number of ether oxygens (including phenoxy) is 1. The molecule has 0 saturated heterocycles. The predicted octanol–water partition coefficient (Wildman–Crippen LogP) is 1.58. The molecule has 1 heterocycles. The quantitative estimate of drug-likeness (QED) is 0.245. The number of aromatic amines is 1. The average Bonchev–Trinajstić information content (AvgIpc) is 2.78. The number of anilines is 1. The normalized spacial score (nSPS) is 12.2. The maximum absolute atomic E-state index is 12.7. The molecule has 13 heteroatoms. The van der Waals surface area contributed by atoms with E-state index in [0.29, 0.717) is 5.69 Å². The fraction of sp³-hybridized carbons (Fsp3) is 0.150. The molecule has 0 fully saturated rings. The lowest BCUT2D eigenvalue weighted by Gasteiger charge is -2.14. The number of fused-ring (bicyclic) bond motifs is 1. The lowest BCUT2D eigenvalue weighted by atomic mass is 10.0. The van der Waals surface area contributed by atoms with E-state index in [0.717, 1.165) is 13.2 Å². The lowest BCUT2D eigenvalue weighted by Crippen LogP contribution is -2.29. The van der Waals surface area contributed by atoms with E-state index in [1.165, 1.54) is 43.3 Å². The van der Waals surface area contributed by atoms with Crippen LogP contribution in [-0.4, -0.2) is 44.8 Å². The molecule has 0 bridgehead atoms. The number of carbonyl (C=O) groups is 2. The van der Waals surface area contributed by atoms with Crippen molar-refractivity contribution in [3.05, 3.63) is 74.2 Å². The van der Waals surface area contributed by atoms with Gasteiger partial charge in [-0.05, 0) is 23.8 Å². The molecular formula is C20H18N6O7. The molecule has 1 unspecified atom stereocenters. The first-order valence-electron chi connectivity index (χ1n) is 9.35. The lowest BCUT2D eigenvalue weighted by molar-refractivity contribution is -0.384. The molecule has 13 nitrogen and oxygen atoms in total. The Morgan fingerprint density at radius 2 is 1.94 bits per heavy atom. The van der Waals surface area contributed by atoms with Crippen LogP contribution in [0.2, 0.25) is 0 Å². The summed E-state index contributed by atoms with van der Waals surface area (Å²) in [6.07, 6.45) is -2.47. The van der Waals surface area contributed by atoms with Crippen molar-refractivity contribution in [3.63, 3.8) is 0 Å². The minimum absolute atomic E-state index is 0.104. The fourth-order valence-electron chi connectivity index (χ4n) is 2.87. The summed E-state index contributed by atoms with van der Waals surface area (Å²) in [5.41, 5.74) is 1.41. The van der Waals surface area contributed by atoms with Crippen molar-refractivity contribution in [2.45, 2.75) is 13.0 Å². The molecule has 0 spiro atoms. The van der Waals surface area contributed by atoms with Crippen LogP contribution in [0, 0.1) is 10.1 Å².